The summed E-state index contributed by atoms with van der Waals surface area (Å²) in [4.78, 5) is 1.91. The molecule has 0 aromatic heterocycles. The van der Waals surface area contributed by atoms with Crippen molar-refractivity contribution < 1.29 is 13.2 Å². The number of unbranched alkanes of at least 4 members (excludes halogenated alkanes) is 1. The van der Waals surface area contributed by atoms with Gasteiger partial charge in [0.05, 0.1) is 30.2 Å². The molecule has 5 nitrogen and oxygen atoms in total. The molecule has 0 saturated carbocycles. The van der Waals surface area contributed by atoms with Gasteiger partial charge in [-0.1, -0.05) is 19.4 Å². The van der Waals surface area contributed by atoms with Crippen molar-refractivity contribution in [1.29, 1.82) is 0 Å². The number of rotatable bonds is 5. The summed E-state index contributed by atoms with van der Waals surface area (Å²) in [5, 5.41) is 3.72. The molecule has 3 rings (SSSR count). The van der Waals surface area contributed by atoms with E-state index in [-0.39, 0.29) is 23.6 Å². The number of benzene rings is 1. The smallest absolute Gasteiger partial charge is 0.174 e. The Kier molecular flexibility index (Phi) is 4.27. The van der Waals surface area contributed by atoms with Gasteiger partial charge >= 0.3 is 0 Å². The highest BCUT2D eigenvalue weighted by Crippen LogP contribution is 2.31. The molecule has 7 heteroatoms. The van der Waals surface area contributed by atoms with Crippen LogP contribution in [0.1, 0.15) is 19.8 Å². The van der Waals surface area contributed by atoms with Crippen LogP contribution in [0.5, 0.6) is 5.75 Å². The zero-order valence-electron chi connectivity index (χ0n) is 12.5. The molecule has 0 bridgehead atoms. The van der Waals surface area contributed by atoms with E-state index in [9.17, 15) is 8.42 Å². The van der Waals surface area contributed by atoms with Crippen LogP contribution in [-0.4, -0.2) is 43.7 Å². The molecule has 22 heavy (non-hydrogen) atoms. The highest BCUT2D eigenvalue weighted by molar-refractivity contribution is 7.91. The second kappa shape index (κ2) is 6.04. The van der Waals surface area contributed by atoms with Crippen LogP contribution in [0.25, 0.3) is 0 Å². The maximum atomic E-state index is 11.8. The number of sulfone groups is 1. The molecule has 2 fully saturated rings. The van der Waals surface area contributed by atoms with Crippen LogP contribution in [-0.2, 0) is 9.84 Å². The normalized spacial score (nSPS) is 25.9. The first kappa shape index (κ1) is 15.6. The molecule has 0 amide bonds. The average molecular weight is 340 g/mol. The van der Waals surface area contributed by atoms with Gasteiger partial charge in [-0.2, -0.15) is 0 Å². The minimum atomic E-state index is -2.99. The Hall–Kier alpha value is -1.34. The lowest BCUT2D eigenvalue weighted by Gasteiger charge is -2.23. The molecular weight excluding hydrogens is 320 g/mol. The number of anilines is 1. The molecule has 120 valence electrons. The maximum absolute atomic E-state index is 11.8. The van der Waals surface area contributed by atoms with E-state index in [2.05, 4.69) is 12.2 Å². The van der Waals surface area contributed by atoms with E-state index in [0.717, 1.165) is 24.3 Å². The van der Waals surface area contributed by atoms with Gasteiger partial charge in [0.1, 0.15) is 5.75 Å². The minimum absolute atomic E-state index is 0.109. The molecule has 2 aliphatic heterocycles. The van der Waals surface area contributed by atoms with Crippen LogP contribution in [0, 0.1) is 0 Å². The number of hydrogen-bond acceptors (Lipinski definition) is 4. The van der Waals surface area contributed by atoms with E-state index in [4.69, 9.17) is 17.0 Å². The lowest BCUT2D eigenvalue weighted by molar-refractivity contribution is 0.309. The molecule has 0 aliphatic carbocycles. The zero-order valence-corrected chi connectivity index (χ0v) is 14.1. The third-order valence-corrected chi connectivity index (χ3v) is 6.08. The molecule has 2 atom stereocenters. The van der Waals surface area contributed by atoms with Gasteiger partial charge in [0.2, 0.25) is 0 Å². The van der Waals surface area contributed by atoms with Gasteiger partial charge in [-0.15, -0.1) is 0 Å². The predicted octanol–water partition coefficient (Wildman–Crippen LogP) is 1.73. The van der Waals surface area contributed by atoms with Crippen molar-refractivity contribution in [1.82, 2.24) is 5.32 Å². The number of hydrogen-bond donors (Lipinski definition) is 1. The monoisotopic (exact) mass is 340 g/mol. The average Bonchev–Trinajstić information content (AvgIpc) is 2.89. The highest BCUT2D eigenvalue weighted by atomic mass is 32.2. The molecule has 0 spiro atoms. The Balaban J connectivity index is 1.81. The first-order valence-corrected chi connectivity index (χ1v) is 9.76. The SMILES string of the molecule is CCCCOc1cccc(N2C(=S)N[C@H]3CS(=O)(=O)C[C@H]32)c1. The van der Waals surface area contributed by atoms with Crippen molar-refractivity contribution in [3.63, 3.8) is 0 Å². The topological polar surface area (TPSA) is 58.6 Å². The fourth-order valence-corrected chi connectivity index (χ4v) is 5.25. The Morgan fingerprint density at radius 1 is 1.41 bits per heavy atom. The molecule has 1 aromatic rings. The maximum Gasteiger partial charge on any atom is 0.174 e. The lowest BCUT2D eigenvalue weighted by Crippen LogP contribution is -2.36. The fourth-order valence-electron chi connectivity index (χ4n) is 2.97. The summed E-state index contributed by atoms with van der Waals surface area (Å²) in [6.07, 6.45) is 2.10. The fraction of sp³-hybridized carbons (Fsp3) is 0.533. The van der Waals surface area contributed by atoms with Crippen molar-refractivity contribution in [3.8, 4) is 5.75 Å². The van der Waals surface area contributed by atoms with Crippen molar-refractivity contribution in [3.05, 3.63) is 24.3 Å². The van der Waals surface area contributed by atoms with Gasteiger partial charge < -0.3 is 15.0 Å². The summed E-state index contributed by atoms with van der Waals surface area (Å²) in [5.41, 5.74) is 0.885. The Morgan fingerprint density at radius 2 is 2.23 bits per heavy atom. The summed E-state index contributed by atoms with van der Waals surface area (Å²) in [6.45, 7) is 2.80. The van der Waals surface area contributed by atoms with Gasteiger partial charge in [0.25, 0.3) is 0 Å². The molecule has 1 aromatic carbocycles. The number of nitrogens with zero attached hydrogens (tertiary/aromatic N) is 1. The van der Waals surface area contributed by atoms with Crippen molar-refractivity contribution in [2.24, 2.45) is 0 Å². The Morgan fingerprint density at radius 3 is 3.00 bits per heavy atom. The molecular formula is C15H20N2O3S2. The van der Waals surface area contributed by atoms with Crippen LogP contribution < -0.4 is 15.0 Å². The van der Waals surface area contributed by atoms with Gasteiger partial charge in [0.15, 0.2) is 14.9 Å². The van der Waals surface area contributed by atoms with Crippen molar-refractivity contribution in [2.75, 3.05) is 23.0 Å². The van der Waals surface area contributed by atoms with Gasteiger partial charge in [0, 0.05) is 11.8 Å². The summed E-state index contributed by atoms with van der Waals surface area (Å²) in [7, 11) is -2.99. The van der Waals surface area contributed by atoms with E-state index >= 15 is 0 Å². The molecule has 0 unspecified atom stereocenters. The van der Waals surface area contributed by atoms with Crippen LogP contribution in [0.2, 0.25) is 0 Å². The third kappa shape index (κ3) is 3.05. The first-order valence-electron chi connectivity index (χ1n) is 7.53. The predicted molar refractivity (Wildman–Crippen MR) is 91.3 cm³/mol. The Bertz CT molecular complexity index is 675. The first-order chi connectivity index (χ1) is 10.5. The molecule has 1 N–H and O–H groups in total. The van der Waals surface area contributed by atoms with Crippen LogP contribution in [0.3, 0.4) is 0 Å². The number of fused-ring (bicyclic) bond motifs is 1. The minimum Gasteiger partial charge on any atom is -0.494 e. The van der Waals surface area contributed by atoms with E-state index in [0.29, 0.717) is 11.7 Å². The summed E-state index contributed by atoms with van der Waals surface area (Å²) in [6, 6.07) is 7.46. The largest absolute Gasteiger partial charge is 0.494 e. The summed E-state index contributed by atoms with van der Waals surface area (Å²) >= 11 is 5.38. The Labute approximate surface area is 136 Å². The summed E-state index contributed by atoms with van der Waals surface area (Å²) in [5.74, 6) is 1.09. The quantitative estimate of drug-likeness (QED) is 0.651. The third-order valence-electron chi connectivity index (χ3n) is 4.04. The molecule has 2 saturated heterocycles. The lowest BCUT2D eigenvalue weighted by atomic mass is 10.1. The number of ether oxygens (including phenoxy) is 1. The van der Waals surface area contributed by atoms with Gasteiger partial charge in [-0.05, 0) is 30.8 Å². The highest BCUT2D eigenvalue weighted by Gasteiger charge is 2.47. The van der Waals surface area contributed by atoms with E-state index < -0.39 is 9.84 Å². The number of nitrogens with one attached hydrogen (secondary N) is 1. The number of thiocarbonyl (C=S) groups is 1. The second-order valence-electron chi connectivity index (χ2n) is 5.77. The molecule has 2 heterocycles. The zero-order chi connectivity index (χ0) is 15.7. The van der Waals surface area contributed by atoms with Crippen LogP contribution >= 0.6 is 12.2 Å². The summed E-state index contributed by atoms with van der Waals surface area (Å²) < 4.78 is 29.4. The second-order valence-corrected chi connectivity index (χ2v) is 8.31. The van der Waals surface area contributed by atoms with Crippen LogP contribution in [0.4, 0.5) is 5.69 Å². The van der Waals surface area contributed by atoms with Crippen molar-refractivity contribution >= 4 is 32.9 Å². The van der Waals surface area contributed by atoms with Gasteiger partial charge in [-0.25, -0.2) is 8.42 Å². The van der Waals surface area contributed by atoms with E-state index in [1.807, 2.05) is 29.2 Å². The van der Waals surface area contributed by atoms with Gasteiger partial charge in [-0.3, -0.25) is 0 Å². The van der Waals surface area contributed by atoms with E-state index in [1.165, 1.54) is 0 Å². The standard InChI is InChI=1S/C15H20N2O3S2/c1-2-3-7-20-12-6-4-5-11(8-12)17-14-10-22(18,19)9-13(14)16-15(17)21/h4-6,8,13-14H,2-3,7,9-10H2,1H3,(H,16,21)/t13-,14+/m0/s1. The van der Waals surface area contributed by atoms with E-state index in [1.54, 1.807) is 0 Å². The molecule has 2 aliphatic rings. The van der Waals surface area contributed by atoms with Crippen LogP contribution in [0.15, 0.2) is 24.3 Å². The van der Waals surface area contributed by atoms with Crippen molar-refractivity contribution in [2.45, 2.75) is 31.8 Å². The molecule has 0 radical (unpaired) electrons.